The third-order valence-corrected chi connectivity index (χ3v) is 7.14. The molecule has 3 heterocycles. The van der Waals surface area contributed by atoms with Gasteiger partial charge in [-0.25, -0.2) is 9.97 Å². The minimum atomic E-state index is -0.725. The van der Waals surface area contributed by atoms with Crippen LogP contribution in [0.5, 0.6) is 5.88 Å². The van der Waals surface area contributed by atoms with Crippen molar-refractivity contribution >= 4 is 40.2 Å². The first-order valence-corrected chi connectivity index (χ1v) is 12.3. The molecule has 9 heteroatoms. The smallest absolute Gasteiger partial charge is 0.303 e. The molecule has 35 heavy (non-hydrogen) atoms. The maximum atomic E-state index is 10.9. The number of aromatic amines is 1. The van der Waals surface area contributed by atoms with Gasteiger partial charge in [-0.3, -0.25) is 9.78 Å². The number of rotatable bonds is 6. The molecule has 0 atom stereocenters. The highest BCUT2D eigenvalue weighted by molar-refractivity contribution is 6.42. The molecule has 1 aliphatic rings. The fourth-order valence-electron chi connectivity index (χ4n) is 4.53. The minimum absolute atomic E-state index is 0.0723. The van der Waals surface area contributed by atoms with Gasteiger partial charge >= 0.3 is 5.97 Å². The number of aryl methyl sites for hydroxylation is 1. The summed E-state index contributed by atoms with van der Waals surface area (Å²) in [4.78, 5) is 27.9. The van der Waals surface area contributed by atoms with Crippen molar-refractivity contribution < 1.29 is 14.6 Å². The highest BCUT2D eigenvalue weighted by atomic mass is 35.5. The predicted molar refractivity (Wildman–Crippen MR) is 136 cm³/mol. The lowest BCUT2D eigenvalue weighted by atomic mass is 9.85. The van der Waals surface area contributed by atoms with Gasteiger partial charge in [0.25, 0.3) is 0 Å². The number of hydrogen-bond acceptors (Lipinski definition) is 5. The Kier molecular flexibility index (Phi) is 6.62. The monoisotopic (exact) mass is 510 g/mol. The molecule has 4 aromatic rings. The van der Waals surface area contributed by atoms with E-state index in [-0.39, 0.29) is 18.4 Å². The van der Waals surface area contributed by atoms with Gasteiger partial charge in [-0.15, -0.1) is 0 Å². The normalized spacial score (nSPS) is 18.0. The van der Waals surface area contributed by atoms with Gasteiger partial charge in [0.2, 0.25) is 5.88 Å². The molecule has 0 aliphatic heterocycles. The lowest BCUT2D eigenvalue weighted by Crippen LogP contribution is -2.25. The molecule has 3 aromatic heterocycles. The molecule has 1 aromatic carbocycles. The number of aromatic nitrogens is 4. The van der Waals surface area contributed by atoms with Crippen LogP contribution in [0.3, 0.4) is 0 Å². The first-order chi connectivity index (χ1) is 16.9. The number of carboxylic acids is 1. The molecule has 0 bridgehead atoms. The van der Waals surface area contributed by atoms with Gasteiger partial charge in [-0.05, 0) is 68.9 Å². The van der Waals surface area contributed by atoms with Crippen molar-refractivity contribution in [1.29, 1.82) is 0 Å². The number of H-pyrrole nitrogens is 1. The van der Waals surface area contributed by atoms with E-state index in [0.29, 0.717) is 21.7 Å². The van der Waals surface area contributed by atoms with Gasteiger partial charge in [-0.2, -0.15) is 0 Å². The van der Waals surface area contributed by atoms with Crippen LogP contribution in [-0.4, -0.2) is 37.1 Å². The topological polar surface area (TPSA) is 101 Å². The molecule has 0 amide bonds. The van der Waals surface area contributed by atoms with Gasteiger partial charge in [0.15, 0.2) is 0 Å². The lowest BCUT2D eigenvalue weighted by Gasteiger charge is -2.28. The molecular formula is C26H24Cl2N4O3. The van der Waals surface area contributed by atoms with Gasteiger partial charge in [0, 0.05) is 35.5 Å². The number of carboxylic acid groups (broad SMARTS) is 1. The molecule has 0 spiro atoms. The predicted octanol–water partition coefficient (Wildman–Crippen LogP) is 6.71. The quantitative estimate of drug-likeness (QED) is 0.298. The van der Waals surface area contributed by atoms with E-state index in [9.17, 15) is 4.79 Å². The Morgan fingerprint density at radius 3 is 2.49 bits per heavy atom. The molecule has 0 unspecified atom stereocenters. The summed E-state index contributed by atoms with van der Waals surface area (Å²) in [5.74, 6) is 0.824. The van der Waals surface area contributed by atoms with Crippen LogP contribution in [0.1, 0.15) is 37.7 Å². The number of nitrogens with one attached hydrogen (secondary N) is 1. The van der Waals surface area contributed by atoms with E-state index in [2.05, 4.69) is 19.9 Å². The summed E-state index contributed by atoms with van der Waals surface area (Å²) < 4.78 is 6.14. The fourth-order valence-corrected chi connectivity index (χ4v) is 4.85. The molecule has 1 fully saturated rings. The van der Waals surface area contributed by atoms with Gasteiger partial charge in [-0.1, -0.05) is 23.2 Å². The number of halogens is 2. The van der Waals surface area contributed by atoms with E-state index in [1.54, 1.807) is 24.5 Å². The van der Waals surface area contributed by atoms with Crippen LogP contribution in [0.15, 0.2) is 42.7 Å². The van der Waals surface area contributed by atoms with Crippen molar-refractivity contribution in [1.82, 2.24) is 19.9 Å². The van der Waals surface area contributed by atoms with E-state index in [1.807, 2.05) is 25.1 Å². The summed E-state index contributed by atoms with van der Waals surface area (Å²) in [7, 11) is 0. The van der Waals surface area contributed by atoms with Crippen molar-refractivity contribution in [2.24, 2.45) is 5.92 Å². The fraction of sp³-hybridized carbons (Fsp3) is 0.308. The summed E-state index contributed by atoms with van der Waals surface area (Å²) in [6, 6.07) is 9.41. The van der Waals surface area contributed by atoms with Crippen molar-refractivity contribution in [3.05, 3.63) is 58.3 Å². The number of benzene rings is 1. The van der Waals surface area contributed by atoms with E-state index < -0.39 is 5.97 Å². The van der Waals surface area contributed by atoms with E-state index >= 15 is 0 Å². The molecule has 5 rings (SSSR count). The van der Waals surface area contributed by atoms with Crippen LogP contribution >= 0.6 is 23.2 Å². The number of ether oxygens (including phenoxy) is 1. The van der Waals surface area contributed by atoms with Crippen molar-refractivity contribution in [3.8, 4) is 28.5 Å². The average Bonchev–Trinajstić information content (AvgIpc) is 3.24. The van der Waals surface area contributed by atoms with Gasteiger partial charge < -0.3 is 14.8 Å². The van der Waals surface area contributed by atoms with E-state index in [4.69, 9.17) is 33.0 Å². The summed E-state index contributed by atoms with van der Waals surface area (Å²) in [6.45, 7) is 1.97. The molecule has 1 saturated carbocycles. The SMILES string of the molecule is Cc1cc(-c2ccc(-c3nc4cc(Cl)c(Cl)cc4[nH]3)cn2)cnc1OC1CCC(CC(=O)O)CC1. The largest absolute Gasteiger partial charge is 0.481 e. The highest BCUT2D eigenvalue weighted by Crippen LogP contribution is 2.32. The Labute approximate surface area is 212 Å². The second-order valence-corrected chi connectivity index (χ2v) is 9.82. The number of imidazole rings is 1. The van der Waals surface area contributed by atoms with Crippen LogP contribution in [0, 0.1) is 12.8 Å². The molecule has 2 N–H and O–H groups in total. The summed E-state index contributed by atoms with van der Waals surface area (Å²) >= 11 is 12.2. The van der Waals surface area contributed by atoms with Crippen LogP contribution in [-0.2, 0) is 4.79 Å². The number of hydrogen-bond donors (Lipinski definition) is 2. The first-order valence-electron chi connectivity index (χ1n) is 11.5. The maximum Gasteiger partial charge on any atom is 0.303 e. The minimum Gasteiger partial charge on any atom is -0.481 e. The average molecular weight is 511 g/mol. The Morgan fingerprint density at radius 2 is 1.80 bits per heavy atom. The van der Waals surface area contributed by atoms with Crippen molar-refractivity contribution in [2.45, 2.75) is 45.1 Å². The molecular weight excluding hydrogens is 487 g/mol. The number of carbonyl (C=O) groups is 1. The molecule has 0 radical (unpaired) electrons. The summed E-state index contributed by atoms with van der Waals surface area (Å²) in [5.41, 5.74) is 5.03. The number of pyridine rings is 2. The Hall–Kier alpha value is -3.16. The third kappa shape index (κ3) is 5.26. The third-order valence-electron chi connectivity index (χ3n) is 6.42. The number of aliphatic carboxylic acids is 1. The zero-order valence-electron chi connectivity index (χ0n) is 19.1. The second-order valence-electron chi connectivity index (χ2n) is 9.01. The van der Waals surface area contributed by atoms with Gasteiger partial charge in [0.05, 0.1) is 26.8 Å². The standard InChI is InChI=1S/C26H24Cl2N4O3/c1-14-8-17(13-30-26(14)35-18-5-2-15(3-6-18)9-24(33)34)21-7-4-16(12-29-21)25-31-22-10-19(27)20(28)11-23(22)32-25/h4,7-8,10-13,15,18H,2-3,5-6,9H2,1H3,(H,31,32)(H,33,34). The van der Waals surface area contributed by atoms with Crippen LogP contribution in [0.25, 0.3) is 33.7 Å². The summed E-state index contributed by atoms with van der Waals surface area (Å²) in [5, 5.41) is 9.93. The molecule has 0 saturated heterocycles. The van der Waals surface area contributed by atoms with Crippen molar-refractivity contribution in [2.75, 3.05) is 0 Å². The molecule has 7 nitrogen and oxygen atoms in total. The van der Waals surface area contributed by atoms with Crippen LogP contribution in [0.4, 0.5) is 0 Å². The van der Waals surface area contributed by atoms with E-state index in [1.165, 1.54) is 0 Å². The van der Waals surface area contributed by atoms with E-state index in [0.717, 1.165) is 59.1 Å². The number of fused-ring (bicyclic) bond motifs is 1. The first kappa shape index (κ1) is 23.6. The highest BCUT2D eigenvalue weighted by Gasteiger charge is 2.25. The Bertz CT molecular complexity index is 1340. The molecule has 180 valence electrons. The maximum absolute atomic E-state index is 10.9. The number of nitrogens with zero attached hydrogens (tertiary/aromatic N) is 3. The summed E-state index contributed by atoms with van der Waals surface area (Å²) in [6.07, 6.45) is 7.29. The van der Waals surface area contributed by atoms with Crippen LogP contribution < -0.4 is 4.74 Å². The van der Waals surface area contributed by atoms with Crippen molar-refractivity contribution in [3.63, 3.8) is 0 Å². The van der Waals surface area contributed by atoms with Gasteiger partial charge in [0.1, 0.15) is 11.9 Å². The molecule has 1 aliphatic carbocycles. The zero-order valence-corrected chi connectivity index (χ0v) is 20.6. The lowest BCUT2D eigenvalue weighted by molar-refractivity contribution is -0.138. The Balaban J connectivity index is 1.27. The second kappa shape index (κ2) is 9.84. The van der Waals surface area contributed by atoms with Crippen LogP contribution in [0.2, 0.25) is 10.0 Å². The zero-order chi connectivity index (χ0) is 24.5. The Morgan fingerprint density at radius 1 is 1.06 bits per heavy atom.